The molecule has 1 aromatic heterocycles. The first-order valence-electron chi connectivity index (χ1n) is 6.07. The zero-order chi connectivity index (χ0) is 14.4. The van der Waals surface area contributed by atoms with Crippen LogP contribution in [0.4, 0.5) is 5.69 Å². The van der Waals surface area contributed by atoms with Gasteiger partial charge >= 0.3 is 0 Å². The molecule has 5 nitrogen and oxygen atoms in total. The van der Waals surface area contributed by atoms with E-state index in [2.05, 4.69) is 27.1 Å². The van der Waals surface area contributed by atoms with Crippen molar-refractivity contribution in [2.24, 2.45) is 5.73 Å². The number of aromatic nitrogens is 2. The number of benzene rings is 1. The number of carbonyl (C=O) groups is 1. The van der Waals surface area contributed by atoms with Crippen LogP contribution in [0, 0.1) is 18.8 Å². The Hall–Kier alpha value is -2.71. The Kier molecular flexibility index (Phi) is 4.43. The van der Waals surface area contributed by atoms with E-state index in [0.717, 1.165) is 11.1 Å². The average Bonchev–Trinajstić information content (AvgIpc) is 2.47. The highest BCUT2D eigenvalue weighted by molar-refractivity contribution is 6.05. The Morgan fingerprint density at radius 3 is 2.80 bits per heavy atom. The van der Waals surface area contributed by atoms with E-state index in [1.165, 1.54) is 18.7 Å². The molecule has 2 rings (SSSR count). The van der Waals surface area contributed by atoms with Crippen molar-refractivity contribution in [3.63, 3.8) is 0 Å². The van der Waals surface area contributed by atoms with Gasteiger partial charge in [0.1, 0.15) is 6.33 Å². The third kappa shape index (κ3) is 3.19. The second-order valence-electron chi connectivity index (χ2n) is 4.07. The van der Waals surface area contributed by atoms with Gasteiger partial charge in [-0.3, -0.25) is 4.79 Å². The van der Waals surface area contributed by atoms with E-state index in [4.69, 9.17) is 5.73 Å². The number of nitrogens with one attached hydrogen (secondary N) is 1. The van der Waals surface area contributed by atoms with Crippen molar-refractivity contribution < 1.29 is 4.79 Å². The Balaban J connectivity index is 2.26. The summed E-state index contributed by atoms with van der Waals surface area (Å²) in [5.41, 5.74) is 8.10. The normalized spacial score (nSPS) is 9.50. The van der Waals surface area contributed by atoms with Crippen molar-refractivity contribution in [3.05, 3.63) is 53.6 Å². The zero-order valence-corrected chi connectivity index (χ0v) is 11.1. The van der Waals surface area contributed by atoms with Crippen LogP contribution in [0.2, 0.25) is 0 Å². The fraction of sp³-hybridized carbons (Fsp3) is 0.133. The van der Waals surface area contributed by atoms with Gasteiger partial charge in [-0.15, -0.1) is 0 Å². The maximum absolute atomic E-state index is 12.2. The van der Waals surface area contributed by atoms with Gasteiger partial charge in [0.15, 0.2) is 0 Å². The molecule has 0 atom stereocenters. The molecular weight excluding hydrogens is 252 g/mol. The van der Waals surface area contributed by atoms with Gasteiger partial charge in [0.05, 0.1) is 24.6 Å². The fourth-order valence-corrected chi connectivity index (χ4v) is 1.73. The van der Waals surface area contributed by atoms with Gasteiger partial charge in [0.2, 0.25) is 0 Å². The molecule has 0 aliphatic heterocycles. The minimum Gasteiger partial charge on any atom is -0.320 e. The highest BCUT2D eigenvalue weighted by atomic mass is 16.1. The van der Waals surface area contributed by atoms with E-state index in [9.17, 15) is 4.79 Å². The lowest BCUT2D eigenvalue weighted by Crippen LogP contribution is -2.14. The van der Waals surface area contributed by atoms with Gasteiger partial charge in [-0.1, -0.05) is 17.9 Å². The van der Waals surface area contributed by atoms with Crippen LogP contribution in [-0.4, -0.2) is 22.4 Å². The lowest BCUT2D eigenvalue weighted by atomic mass is 10.0. The van der Waals surface area contributed by atoms with Gasteiger partial charge in [0.25, 0.3) is 5.91 Å². The molecule has 0 aliphatic rings. The number of rotatable bonds is 2. The molecule has 0 aliphatic carbocycles. The van der Waals surface area contributed by atoms with Crippen LogP contribution in [0.1, 0.15) is 21.5 Å². The van der Waals surface area contributed by atoms with Gasteiger partial charge in [-0.2, -0.15) is 0 Å². The lowest BCUT2D eigenvalue weighted by Gasteiger charge is -2.08. The summed E-state index contributed by atoms with van der Waals surface area (Å²) in [6, 6.07) is 5.41. The largest absolute Gasteiger partial charge is 0.320 e. The Labute approximate surface area is 117 Å². The number of anilines is 1. The van der Waals surface area contributed by atoms with E-state index in [-0.39, 0.29) is 12.5 Å². The Morgan fingerprint density at radius 1 is 1.35 bits per heavy atom. The quantitative estimate of drug-likeness (QED) is 0.804. The van der Waals surface area contributed by atoms with Crippen LogP contribution in [0.5, 0.6) is 0 Å². The minimum atomic E-state index is -0.214. The summed E-state index contributed by atoms with van der Waals surface area (Å²) >= 11 is 0. The van der Waals surface area contributed by atoms with Crippen molar-refractivity contribution in [3.8, 4) is 11.8 Å². The van der Waals surface area contributed by atoms with Crippen LogP contribution >= 0.6 is 0 Å². The average molecular weight is 266 g/mol. The molecule has 0 saturated heterocycles. The molecule has 3 N–H and O–H groups in total. The molecule has 5 heteroatoms. The number of hydrogen-bond acceptors (Lipinski definition) is 4. The summed E-state index contributed by atoms with van der Waals surface area (Å²) in [5.74, 6) is 5.53. The third-order valence-corrected chi connectivity index (χ3v) is 2.72. The topological polar surface area (TPSA) is 80.9 Å². The summed E-state index contributed by atoms with van der Waals surface area (Å²) in [5, 5.41) is 2.75. The van der Waals surface area contributed by atoms with E-state index in [0.29, 0.717) is 11.3 Å². The monoisotopic (exact) mass is 266 g/mol. The summed E-state index contributed by atoms with van der Waals surface area (Å²) in [7, 11) is 0. The fourth-order valence-electron chi connectivity index (χ4n) is 1.73. The van der Waals surface area contributed by atoms with Gasteiger partial charge < -0.3 is 11.1 Å². The predicted molar refractivity (Wildman–Crippen MR) is 77.1 cm³/mol. The maximum atomic E-state index is 12.2. The third-order valence-electron chi connectivity index (χ3n) is 2.72. The number of carbonyl (C=O) groups excluding carboxylic acids is 1. The number of amides is 1. The van der Waals surface area contributed by atoms with Gasteiger partial charge in [-0.25, -0.2) is 9.97 Å². The number of hydrogen-bond donors (Lipinski definition) is 2. The van der Waals surface area contributed by atoms with Crippen LogP contribution in [0.15, 0.2) is 36.9 Å². The van der Waals surface area contributed by atoms with Crippen LogP contribution in [0.3, 0.4) is 0 Å². The van der Waals surface area contributed by atoms with Crippen LogP contribution in [0.25, 0.3) is 0 Å². The molecule has 0 saturated carbocycles. The maximum Gasteiger partial charge on any atom is 0.256 e. The summed E-state index contributed by atoms with van der Waals surface area (Å²) in [6.45, 7) is 2.15. The van der Waals surface area contributed by atoms with Crippen molar-refractivity contribution in [1.29, 1.82) is 0 Å². The van der Waals surface area contributed by atoms with Crippen molar-refractivity contribution in [2.45, 2.75) is 6.92 Å². The highest BCUT2D eigenvalue weighted by Gasteiger charge is 2.11. The molecule has 0 bridgehead atoms. The van der Waals surface area contributed by atoms with E-state index >= 15 is 0 Å². The second kappa shape index (κ2) is 6.45. The standard InChI is InChI=1S/C15H14N4O/c1-11-12(5-3-7-16)4-2-6-14(11)15(20)19-13-8-17-10-18-9-13/h2,4,6,8-10H,7,16H2,1H3,(H,19,20). The summed E-state index contributed by atoms with van der Waals surface area (Å²) < 4.78 is 0. The molecule has 0 radical (unpaired) electrons. The van der Waals surface area contributed by atoms with E-state index in [1.807, 2.05) is 13.0 Å². The highest BCUT2D eigenvalue weighted by Crippen LogP contribution is 2.14. The predicted octanol–water partition coefficient (Wildman–Crippen LogP) is 1.35. The zero-order valence-electron chi connectivity index (χ0n) is 11.1. The molecule has 2 aromatic rings. The number of nitrogens with two attached hydrogens (primary N) is 1. The van der Waals surface area contributed by atoms with Crippen molar-refractivity contribution in [1.82, 2.24) is 9.97 Å². The first-order valence-corrected chi connectivity index (χ1v) is 6.07. The van der Waals surface area contributed by atoms with Gasteiger partial charge in [0, 0.05) is 11.1 Å². The first-order chi connectivity index (χ1) is 9.72. The molecule has 1 aromatic carbocycles. The van der Waals surface area contributed by atoms with Crippen LogP contribution < -0.4 is 11.1 Å². The van der Waals surface area contributed by atoms with Crippen molar-refractivity contribution >= 4 is 11.6 Å². The Bertz CT molecular complexity index is 671. The van der Waals surface area contributed by atoms with Crippen LogP contribution in [-0.2, 0) is 0 Å². The Morgan fingerprint density at radius 2 is 2.10 bits per heavy atom. The molecular formula is C15H14N4O. The molecule has 0 spiro atoms. The molecule has 20 heavy (non-hydrogen) atoms. The molecule has 1 amide bonds. The SMILES string of the molecule is Cc1c(C#CCN)cccc1C(=O)Nc1cncnc1. The lowest BCUT2D eigenvalue weighted by molar-refractivity contribution is 0.102. The smallest absolute Gasteiger partial charge is 0.256 e. The second-order valence-corrected chi connectivity index (χ2v) is 4.07. The molecule has 0 fully saturated rings. The minimum absolute atomic E-state index is 0.214. The van der Waals surface area contributed by atoms with Crippen molar-refractivity contribution in [2.75, 3.05) is 11.9 Å². The van der Waals surface area contributed by atoms with E-state index < -0.39 is 0 Å². The first kappa shape index (κ1) is 13.7. The van der Waals surface area contributed by atoms with E-state index in [1.54, 1.807) is 12.1 Å². The molecule has 0 unspecified atom stereocenters. The number of nitrogens with zero attached hydrogens (tertiary/aromatic N) is 2. The summed E-state index contributed by atoms with van der Waals surface area (Å²) in [6.07, 6.45) is 4.49. The molecule has 100 valence electrons. The van der Waals surface area contributed by atoms with Gasteiger partial charge in [-0.05, 0) is 24.6 Å². The summed E-state index contributed by atoms with van der Waals surface area (Å²) in [4.78, 5) is 19.9. The molecule has 1 heterocycles.